The highest BCUT2D eigenvalue weighted by Crippen LogP contribution is 2.31. The zero-order valence-corrected chi connectivity index (χ0v) is 11.6. The summed E-state index contributed by atoms with van der Waals surface area (Å²) in [5.74, 6) is -0.764. The van der Waals surface area contributed by atoms with Gasteiger partial charge in [0.1, 0.15) is 0 Å². The molecule has 2 amide bonds. The molecule has 1 atom stereocenters. The van der Waals surface area contributed by atoms with E-state index in [9.17, 15) is 14.7 Å². The van der Waals surface area contributed by atoms with Gasteiger partial charge in [-0.15, -0.1) is 0 Å². The molecule has 6 nitrogen and oxygen atoms in total. The number of piperidine rings is 1. The maximum Gasteiger partial charge on any atom is 0.320 e. The van der Waals surface area contributed by atoms with E-state index < -0.39 is 11.4 Å². The molecule has 0 bridgehead atoms. The molecule has 108 valence electrons. The molecule has 2 fully saturated rings. The van der Waals surface area contributed by atoms with Gasteiger partial charge in [0.25, 0.3) is 0 Å². The van der Waals surface area contributed by atoms with E-state index >= 15 is 0 Å². The number of aliphatic carboxylic acids is 1. The van der Waals surface area contributed by atoms with Crippen LogP contribution in [0, 0.1) is 5.41 Å². The van der Waals surface area contributed by atoms with Crippen LogP contribution < -0.4 is 0 Å². The van der Waals surface area contributed by atoms with Crippen LogP contribution in [0.4, 0.5) is 4.79 Å². The Bertz CT molecular complexity index is 364. The Labute approximate surface area is 113 Å². The molecule has 0 spiro atoms. The average Bonchev–Trinajstić information content (AvgIpc) is 2.87. The van der Waals surface area contributed by atoms with Crippen molar-refractivity contribution in [1.29, 1.82) is 0 Å². The number of carboxylic acids is 1. The molecular weight excluding hydrogens is 248 g/mol. The smallest absolute Gasteiger partial charge is 0.320 e. The van der Waals surface area contributed by atoms with Gasteiger partial charge in [0.05, 0.1) is 11.5 Å². The first-order chi connectivity index (χ1) is 8.96. The largest absolute Gasteiger partial charge is 0.481 e. The second kappa shape index (κ2) is 5.36. The average molecular weight is 270 g/mol. The number of carbonyl (C=O) groups is 2. The molecule has 2 aliphatic rings. The van der Waals surface area contributed by atoms with Crippen molar-refractivity contribution < 1.29 is 19.4 Å². The number of rotatable bonds is 2. The van der Waals surface area contributed by atoms with Crippen molar-refractivity contribution in [2.45, 2.75) is 32.3 Å². The topological polar surface area (TPSA) is 70.1 Å². The first kappa shape index (κ1) is 14.1. The van der Waals surface area contributed by atoms with Crippen LogP contribution >= 0.6 is 0 Å². The minimum absolute atomic E-state index is 0.0204. The molecule has 2 aliphatic heterocycles. The van der Waals surface area contributed by atoms with E-state index in [0.717, 1.165) is 13.0 Å². The van der Waals surface area contributed by atoms with Gasteiger partial charge >= 0.3 is 12.0 Å². The van der Waals surface area contributed by atoms with Gasteiger partial charge in [-0.25, -0.2) is 4.79 Å². The minimum atomic E-state index is -0.764. The Morgan fingerprint density at radius 1 is 1.21 bits per heavy atom. The van der Waals surface area contributed by atoms with Gasteiger partial charge in [0, 0.05) is 33.3 Å². The van der Waals surface area contributed by atoms with Gasteiger partial charge < -0.3 is 19.6 Å². The molecule has 0 aromatic rings. The predicted octanol–water partition coefficient (Wildman–Crippen LogP) is 1.01. The van der Waals surface area contributed by atoms with Gasteiger partial charge in [-0.3, -0.25) is 4.79 Å². The molecule has 19 heavy (non-hydrogen) atoms. The summed E-state index contributed by atoms with van der Waals surface area (Å²) in [6.07, 6.45) is 2.06. The number of nitrogens with zero attached hydrogens (tertiary/aromatic N) is 2. The van der Waals surface area contributed by atoms with E-state index in [0.29, 0.717) is 32.5 Å². The number of amides is 2. The summed E-state index contributed by atoms with van der Waals surface area (Å²) in [5.41, 5.74) is -0.684. The lowest BCUT2D eigenvalue weighted by Gasteiger charge is -2.38. The number of hydrogen-bond donors (Lipinski definition) is 1. The number of methoxy groups -OCH3 is 1. The molecule has 2 heterocycles. The van der Waals surface area contributed by atoms with Gasteiger partial charge in [0.15, 0.2) is 0 Å². The standard InChI is InChI=1S/C13H22N2O4/c1-13(11(16)17)4-7-14(8-5-13)12(18)15-6-3-10(9-15)19-2/h10H,3-9H2,1-2H3,(H,16,17). The molecule has 0 saturated carbocycles. The fourth-order valence-electron chi connectivity index (χ4n) is 2.70. The highest BCUT2D eigenvalue weighted by molar-refractivity contribution is 5.77. The van der Waals surface area contributed by atoms with E-state index in [-0.39, 0.29) is 12.1 Å². The Hall–Kier alpha value is -1.30. The van der Waals surface area contributed by atoms with Crippen molar-refractivity contribution in [1.82, 2.24) is 9.80 Å². The fraction of sp³-hybridized carbons (Fsp3) is 0.846. The Morgan fingerprint density at radius 2 is 1.84 bits per heavy atom. The van der Waals surface area contributed by atoms with Crippen molar-refractivity contribution >= 4 is 12.0 Å². The van der Waals surface area contributed by atoms with Gasteiger partial charge in [-0.1, -0.05) is 0 Å². The summed E-state index contributed by atoms with van der Waals surface area (Å²) in [6, 6.07) is 0.0204. The Balaban J connectivity index is 1.88. The lowest BCUT2D eigenvalue weighted by atomic mass is 9.80. The van der Waals surface area contributed by atoms with Crippen LogP contribution in [0.15, 0.2) is 0 Å². The lowest BCUT2D eigenvalue weighted by molar-refractivity contribution is -0.150. The van der Waals surface area contributed by atoms with E-state index in [2.05, 4.69) is 0 Å². The summed E-state index contributed by atoms with van der Waals surface area (Å²) in [5, 5.41) is 9.17. The summed E-state index contributed by atoms with van der Waals surface area (Å²) in [7, 11) is 1.66. The lowest BCUT2D eigenvalue weighted by Crippen LogP contribution is -2.49. The Kier molecular flexibility index (Phi) is 3.99. The normalized spacial score (nSPS) is 26.5. The number of likely N-dealkylation sites (tertiary alicyclic amines) is 2. The van der Waals surface area contributed by atoms with Crippen LogP contribution in [0.1, 0.15) is 26.2 Å². The van der Waals surface area contributed by atoms with E-state index in [4.69, 9.17) is 4.74 Å². The van der Waals surface area contributed by atoms with Crippen molar-refractivity contribution in [3.05, 3.63) is 0 Å². The first-order valence-electron chi connectivity index (χ1n) is 6.76. The molecule has 0 radical (unpaired) electrons. The second-order valence-electron chi connectivity index (χ2n) is 5.73. The maximum atomic E-state index is 12.3. The van der Waals surface area contributed by atoms with E-state index in [1.165, 1.54) is 0 Å². The first-order valence-corrected chi connectivity index (χ1v) is 6.76. The molecule has 1 unspecified atom stereocenters. The van der Waals surface area contributed by atoms with Crippen LogP contribution in [0.25, 0.3) is 0 Å². The fourth-order valence-corrected chi connectivity index (χ4v) is 2.70. The van der Waals surface area contributed by atoms with E-state index in [1.807, 2.05) is 0 Å². The van der Waals surface area contributed by atoms with Crippen LogP contribution in [-0.4, -0.2) is 66.3 Å². The van der Waals surface area contributed by atoms with Crippen LogP contribution in [0.3, 0.4) is 0 Å². The SMILES string of the molecule is COC1CCN(C(=O)N2CCC(C)(C(=O)O)CC2)C1. The molecule has 0 aliphatic carbocycles. The molecule has 2 rings (SSSR count). The Morgan fingerprint density at radius 3 is 2.32 bits per heavy atom. The predicted molar refractivity (Wildman–Crippen MR) is 68.9 cm³/mol. The van der Waals surface area contributed by atoms with E-state index in [1.54, 1.807) is 23.8 Å². The number of carbonyl (C=O) groups excluding carboxylic acids is 1. The third-order valence-corrected chi connectivity index (χ3v) is 4.40. The molecule has 1 N–H and O–H groups in total. The number of urea groups is 1. The molecule has 0 aromatic heterocycles. The third kappa shape index (κ3) is 2.83. The van der Waals surface area contributed by atoms with Gasteiger partial charge in [0.2, 0.25) is 0 Å². The summed E-state index contributed by atoms with van der Waals surface area (Å²) in [4.78, 5) is 27.0. The summed E-state index contributed by atoms with van der Waals surface area (Å²) in [6.45, 7) is 4.17. The van der Waals surface area contributed by atoms with Crippen molar-refractivity contribution in [3.8, 4) is 0 Å². The molecular formula is C13H22N2O4. The monoisotopic (exact) mass is 270 g/mol. The van der Waals surface area contributed by atoms with Gasteiger partial charge in [-0.2, -0.15) is 0 Å². The third-order valence-electron chi connectivity index (χ3n) is 4.40. The maximum absolute atomic E-state index is 12.3. The number of carboxylic acid groups (broad SMARTS) is 1. The number of hydrogen-bond acceptors (Lipinski definition) is 3. The highest BCUT2D eigenvalue weighted by atomic mass is 16.5. The van der Waals surface area contributed by atoms with Crippen LogP contribution in [-0.2, 0) is 9.53 Å². The van der Waals surface area contributed by atoms with Gasteiger partial charge in [-0.05, 0) is 26.2 Å². The number of ether oxygens (including phenoxy) is 1. The zero-order chi connectivity index (χ0) is 14.0. The highest BCUT2D eigenvalue weighted by Gasteiger charge is 2.39. The summed E-state index contributed by atoms with van der Waals surface area (Å²) < 4.78 is 5.25. The van der Waals surface area contributed by atoms with Crippen LogP contribution in [0.5, 0.6) is 0 Å². The molecule has 2 saturated heterocycles. The van der Waals surface area contributed by atoms with Crippen molar-refractivity contribution in [3.63, 3.8) is 0 Å². The quantitative estimate of drug-likeness (QED) is 0.813. The van der Waals surface area contributed by atoms with Crippen molar-refractivity contribution in [2.24, 2.45) is 5.41 Å². The minimum Gasteiger partial charge on any atom is -0.481 e. The molecule has 6 heteroatoms. The summed E-state index contributed by atoms with van der Waals surface area (Å²) >= 11 is 0. The zero-order valence-electron chi connectivity index (χ0n) is 11.6. The molecule has 0 aromatic carbocycles. The van der Waals surface area contributed by atoms with Crippen LogP contribution in [0.2, 0.25) is 0 Å². The van der Waals surface area contributed by atoms with Crippen molar-refractivity contribution in [2.75, 3.05) is 33.3 Å². The second-order valence-corrected chi connectivity index (χ2v) is 5.73.